The van der Waals surface area contributed by atoms with Crippen molar-refractivity contribution in [3.8, 4) is 0 Å². The lowest BCUT2D eigenvalue weighted by Crippen LogP contribution is -2.38. The molecule has 0 unspecified atom stereocenters. The molecule has 0 saturated carbocycles. The summed E-state index contributed by atoms with van der Waals surface area (Å²) in [4.78, 5) is 14.8. The second-order valence-corrected chi connectivity index (χ2v) is 3.93. The van der Waals surface area contributed by atoms with Crippen LogP contribution in [0.25, 0.3) is 0 Å². The number of nitrogens with zero attached hydrogens (tertiary/aromatic N) is 1. The number of hydrogen-bond donors (Lipinski definition) is 3. The van der Waals surface area contributed by atoms with E-state index in [1.165, 1.54) is 0 Å². The van der Waals surface area contributed by atoms with Crippen LogP contribution in [0.3, 0.4) is 0 Å². The first-order valence-corrected chi connectivity index (χ1v) is 5.62. The molecule has 0 aromatic heterocycles. The first-order valence-electron chi connectivity index (χ1n) is 4.22. The molecule has 0 radical (unpaired) electrons. The van der Waals surface area contributed by atoms with Gasteiger partial charge in [0.15, 0.2) is 0 Å². The van der Waals surface area contributed by atoms with Crippen LogP contribution in [0.5, 0.6) is 0 Å². The molecular formula is C6H15N3O5S. The van der Waals surface area contributed by atoms with Crippen molar-refractivity contribution in [3.63, 3.8) is 0 Å². The minimum Gasteiger partial charge on any atom is -0.351 e. The van der Waals surface area contributed by atoms with Crippen molar-refractivity contribution in [2.24, 2.45) is 5.73 Å². The van der Waals surface area contributed by atoms with Crippen molar-refractivity contribution >= 4 is 16.3 Å². The second kappa shape index (κ2) is 6.69. The fraction of sp³-hybridized carbons (Fsp3) is 0.833. The largest absolute Gasteiger partial charge is 0.367 e. The van der Waals surface area contributed by atoms with E-state index in [9.17, 15) is 13.2 Å². The number of carbonyl (C=O) groups is 1. The molecule has 0 rings (SSSR count). The number of carbonyl (C=O) groups excluding carboxylic acids is 1. The Morgan fingerprint density at radius 1 is 1.53 bits per heavy atom. The molecule has 90 valence electrons. The Labute approximate surface area is 88.2 Å². The Morgan fingerprint density at radius 3 is 2.53 bits per heavy atom. The number of hydroxylamine groups is 1. The third kappa shape index (κ3) is 7.22. The van der Waals surface area contributed by atoms with E-state index in [1.807, 2.05) is 0 Å². The monoisotopic (exact) mass is 241 g/mol. The molecule has 8 nitrogen and oxygen atoms in total. The Kier molecular flexibility index (Phi) is 6.36. The lowest BCUT2D eigenvalue weighted by Gasteiger charge is -2.16. The quantitative estimate of drug-likeness (QED) is 0.271. The molecule has 0 aliphatic heterocycles. The van der Waals surface area contributed by atoms with Gasteiger partial charge in [0.05, 0.1) is 6.54 Å². The molecule has 9 heteroatoms. The SMILES string of the molecule is CC(=O)ON(CCNCCN)S(=O)(=O)O. The van der Waals surface area contributed by atoms with Crippen LogP contribution in [0.2, 0.25) is 0 Å². The number of rotatable bonds is 7. The first-order chi connectivity index (χ1) is 6.88. The maximum Gasteiger partial charge on any atom is 0.367 e. The van der Waals surface area contributed by atoms with Crippen molar-refractivity contribution in [1.82, 2.24) is 9.79 Å². The summed E-state index contributed by atoms with van der Waals surface area (Å²) < 4.78 is 30.2. The molecule has 4 N–H and O–H groups in total. The highest BCUT2D eigenvalue weighted by Crippen LogP contribution is 1.97. The van der Waals surface area contributed by atoms with Gasteiger partial charge in [0.25, 0.3) is 0 Å². The Balaban J connectivity index is 4.09. The summed E-state index contributed by atoms with van der Waals surface area (Å²) in [6, 6.07) is 0. The molecule has 0 aromatic rings. The van der Waals surface area contributed by atoms with Crippen LogP contribution in [0.1, 0.15) is 6.92 Å². The molecule has 0 spiro atoms. The maximum absolute atomic E-state index is 10.7. The molecule has 0 heterocycles. The molecule has 0 bridgehead atoms. The van der Waals surface area contributed by atoms with E-state index in [2.05, 4.69) is 10.2 Å². The summed E-state index contributed by atoms with van der Waals surface area (Å²) in [5.74, 6) is -0.827. The van der Waals surface area contributed by atoms with Crippen molar-refractivity contribution in [2.75, 3.05) is 26.2 Å². The predicted octanol–water partition coefficient (Wildman–Crippen LogP) is -1.88. The van der Waals surface area contributed by atoms with E-state index in [4.69, 9.17) is 10.3 Å². The molecule has 0 saturated heterocycles. The minimum atomic E-state index is -4.53. The molecule has 0 aromatic carbocycles. The van der Waals surface area contributed by atoms with Gasteiger partial charge in [-0.3, -0.25) is 9.35 Å². The first kappa shape index (κ1) is 14.3. The van der Waals surface area contributed by atoms with Gasteiger partial charge in [0.1, 0.15) is 0 Å². The van der Waals surface area contributed by atoms with Crippen LogP contribution in [-0.4, -0.2) is 49.6 Å². The summed E-state index contributed by atoms with van der Waals surface area (Å²) in [6.07, 6.45) is 0. The van der Waals surface area contributed by atoms with Gasteiger partial charge in [-0.2, -0.15) is 8.42 Å². The smallest absolute Gasteiger partial charge is 0.351 e. The van der Waals surface area contributed by atoms with Gasteiger partial charge in [-0.15, -0.1) is 0 Å². The zero-order chi connectivity index (χ0) is 11.9. The third-order valence-corrected chi connectivity index (χ3v) is 2.05. The zero-order valence-electron chi connectivity index (χ0n) is 8.34. The van der Waals surface area contributed by atoms with Gasteiger partial charge < -0.3 is 15.9 Å². The molecule has 15 heavy (non-hydrogen) atoms. The van der Waals surface area contributed by atoms with Crippen LogP contribution < -0.4 is 11.1 Å². The number of nitrogens with two attached hydrogens (primary N) is 1. The molecule has 0 fully saturated rings. The van der Waals surface area contributed by atoms with Gasteiger partial charge in [-0.1, -0.05) is 0 Å². The average Bonchev–Trinajstić information content (AvgIpc) is 2.08. The summed E-state index contributed by atoms with van der Waals surface area (Å²) >= 11 is 0. The summed E-state index contributed by atoms with van der Waals surface area (Å²) in [6.45, 7) is 1.97. The fourth-order valence-corrected chi connectivity index (χ4v) is 1.27. The second-order valence-electron chi connectivity index (χ2n) is 2.63. The van der Waals surface area contributed by atoms with Gasteiger partial charge in [0.2, 0.25) is 0 Å². The molecule has 0 aliphatic rings. The standard InChI is InChI=1S/C6H15N3O5S/c1-6(10)14-9(15(11,12)13)5-4-8-3-2-7/h8H,2-5,7H2,1H3,(H,11,12,13). The van der Waals surface area contributed by atoms with Crippen molar-refractivity contribution in [2.45, 2.75) is 6.92 Å². The van der Waals surface area contributed by atoms with Gasteiger partial charge in [-0.05, 0) is 4.47 Å². The molecule has 0 atom stereocenters. The highest BCUT2D eigenvalue weighted by atomic mass is 32.2. The van der Waals surface area contributed by atoms with E-state index in [1.54, 1.807) is 0 Å². The Morgan fingerprint density at radius 2 is 2.13 bits per heavy atom. The molecule has 0 aliphatic carbocycles. The van der Waals surface area contributed by atoms with Crippen LogP contribution in [0.15, 0.2) is 0 Å². The van der Waals surface area contributed by atoms with Crippen LogP contribution >= 0.6 is 0 Å². The van der Waals surface area contributed by atoms with Gasteiger partial charge in [0, 0.05) is 26.6 Å². The fourth-order valence-electron chi connectivity index (χ4n) is 0.749. The van der Waals surface area contributed by atoms with E-state index >= 15 is 0 Å². The summed E-state index contributed by atoms with van der Waals surface area (Å²) in [5.41, 5.74) is 5.18. The molecule has 0 amide bonds. The lowest BCUT2D eigenvalue weighted by molar-refractivity contribution is -0.167. The highest BCUT2D eigenvalue weighted by molar-refractivity contribution is 7.83. The number of nitrogens with one attached hydrogen (secondary N) is 1. The van der Waals surface area contributed by atoms with Crippen LogP contribution in [-0.2, 0) is 19.9 Å². The third-order valence-electron chi connectivity index (χ3n) is 1.28. The normalized spacial score (nSPS) is 11.7. The minimum absolute atomic E-state index is 0.182. The molecular weight excluding hydrogens is 226 g/mol. The topological polar surface area (TPSA) is 122 Å². The van der Waals surface area contributed by atoms with Gasteiger partial charge in [-0.25, -0.2) is 0 Å². The van der Waals surface area contributed by atoms with E-state index in [0.717, 1.165) is 6.92 Å². The summed E-state index contributed by atoms with van der Waals surface area (Å²) in [5, 5.41) is 2.78. The van der Waals surface area contributed by atoms with Crippen LogP contribution in [0, 0.1) is 0 Å². The maximum atomic E-state index is 10.7. The zero-order valence-corrected chi connectivity index (χ0v) is 9.16. The van der Waals surface area contributed by atoms with E-state index < -0.39 is 16.3 Å². The van der Waals surface area contributed by atoms with E-state index in [0.29, 0.717) is 13.1 Å². The Hall–Kier alpha value is -0.740. The summed E-state index contributed by atoms with van der Waals surface area (Å²) in [7, 11) is -4.53. The van der Waals surface area contributed by atoms with Crippen molar-refractivity contribution in [3.05, 3.63) is 0 Å². The number of hydrogen-bond acceptors (Lipinski definition) is 6. The van der Waals surface area contributed by atoms with Crippen molar-refractivity contribution in [1.29, 1.82) is 0 Å². The van der Waals surface area contributed by atoms with Crippen molar-refractivity contribution < 1.29 is 22.6 Å². The predicted molar refractivity (Wildman–Crippen MR) is 51.9 cm³/mol. The van der Waals surface area contributed by atoms with Crippen LogP contribution in [0.4, 0.5) is 0 Å². The average molecular weight is 241 g/mol. The highest BCUT2D eigenvalue weighted by Gasteiger charge is 2.21. The Bertz CT molecular complexity index is 291. The lowest BCUT2D eigenvalue weighted by atomic mass is 10.6. The van der Waals surface area contributed by atoms with E-state index in [-0.39, 0.29) is 17.6 Å². The van der Waals surface area contributed by atoms with Gasteiger partial charge >= 0.3 is 16.3 Å².